The smallest absolute Gasteiger partial charge is 0.0209 e. The Balaban J connectivity index is 2.62. The largest absolute Gasteiger partial charge is 0.377 e. The van der Waals surface area contributed by atoms with Gasteiger partial charge in [0.05, 0.1) is 0 Å². The normalized spacial score (nSPS) is 21.0. The molecule has 1 rings (SSSR count). The van der Waals surface area contributed by atoms with E-state index in [9.17, 15) is 0 Å². The second kappa shape index (κ2) is 7.16. The molecule has 0 spiro atoms. The standard InChI is InChI=1S/C16H25N/c1-5-10-17-11-7-8-16(9-12-17)13-15(4)14(3)6-2/h5-6,10,13H,4,7-9,11-12H2,1-3H3/b10-5+,14-6-,16-13-. The van der Waals surface area contributed by atoms with Crippen LogP contribution in [-0.2, 0) is 0 Å². The van der Waals surface area contributed by atoms with Crippen LogP contribution < -0.4 is 0 Å². The van der Waals surface area contributed by atoms with Crippen LogP contribution >= 0.6 is 0 Å². The third-order valence-corrected chi connectivity index (χ3v) is 3.34. The third-order valence-electron chi connectivity index (χ3n) is 3.34. The summed E-state index contributed by atoms with van der Waals surface area (Å²) in [5.41, 5.74) is 4.00. The minimum Gasteiger partial charge on any atom is -0.377 e. The molecule has 0 N–H and O–H groups in total. The van der Waals surface area contributed by atoms with Gasteiger partial charge in [0.25, 0.3) is 0 Å². The van der Waals surface area contributed by atoms with Gasteiger partial charge < -0.3 is 4.90 Å². The number of likely N-dealkylation sites (tertiary alicyclic amines) is 1. The summed E-state index contributed by atoms with van der Waals surface area (Å²) in [5.74, 6) is 0. The van der Waals surface area contributed by atoms with Gasteiger partial charge in [-0.15, -0.1) is 0 Å². The van der Waals surface area contributed by atoms with Gasteiger partial charge in [0.15, 0.2) is 0 Å². The maximum absolute atomic E-state index is 4.13. The van der Waals surface area contributed by atoms with Gasteiger partial charge in [-0.2, -0.15) is 0 Å². The van der Waals surface area contributed by atoms with E-state index >= 15 is 0 Å². The minimum atomic E-state index is 1.14. The molecule has 1 aliphatic rings. The molecular formula is C16H25N. The summed E-state index contributed by atoms with van der Waals surface area (Å²) in [5, 5.41) is 0. The highest BCUT2D eigenvalue weighted by Gasteiger charge is 2.09. The first-order valence-corrected chi connectivity index (χ1v) is 6.56. The first-order chi connectivity index (χ1) is 8.17. The van der Waals surface area contributed by atoms with Gasteiger partial charge in [-0.1, -0.05) is 30.4 Å². The van der Waals surface area contributed by atoms with E-state index in [1.807, 2.05) is 0 Å². The Bertz CT molecular complexity index is 345. The van der Waals surface area contributed by atoms with Gasteiger partial charge in [-0.25, -0.2) is 0 Å². The molecule has 1 fully saturated rings. The van der Waals surface area contributed by atoms with E-state index in [-0.39, 0.29) is 0 Å². The molecule has 1 heterocycles. The van der Waals surface area contributed by atoms with Crippen molar-refractivity contribution in [3.63, 3.8) is 0 Å². The number of rotatable bonds is 3. The van der Waals surface area contributed by atoms with Crippen molar-refractivity contribution in [2.75, 3.05) is 13.1 Å². The monoisotopic (exact) mass is 231 g/mol. The Morgan fingerprint density at radius 3 is 2.65 bits per heavy atom. The Kier molecular flexibility index (Phi) is 5.82. The molecular weight excluding hydrogens is 206 g/mol. The number of allylic oxidation sites excluding steroid dienone is 5. The highest BCUT2D eigenvalue weighted by molar-refractivity contribution is 5.37. The molecule has 1 aliphatic heterocycles. The van der Waals surface area contributed by atoms with Gasteiger partial charge >= 0.3 is 0 Å². The second-order valence-corrected chi connectivity index (χ2v) is 4.67. The van der Waals surface area contributed by atoms with Gasteiger partial charge in [-0.05, 0) is 57.4 Å². The lowest BCUT2D eigenvalue weighted by atomic mass is 10.0. The molecule has 17 heavy (non-hydrogen) atoms. The van der Waals surface area contributed by atoms with Gasteiger partial charge in [0.2, 0.25) is 0 Å². The average molecular weight is 231 g/mol. The highest BCUT2D eigenvalue weighted by atomic mass is 15.1. The molecule has 0 radical (unpaired) electrons. The average Bonchev–Trinajstić information content (AvgIpc) is 2.54. The summed E-state index contributed by atoms with van der Waals surface area (Å²) in [6.45, 7) is 12.7. The fraction of sp³-hybridized carbons (Fsp3) is 0.500. The molecule has 0 aromatic carbocycles. The topological polar surface area (TPSA) is 3.24 Å². The maximum atomic E-state index is 4.13. The molecule has 0 aliphatic carbocycles. The van der Waals surface area contributed by atoms with E-state index in [2.05, 4.69) is 56.7 Å². The van der Waals surface area contributed by atoms with Crippen molar-refractivity contribution in [2.24, 2.45) is 0 Å². The number of nitrogens with zero attached hydrogens (tertiary/aromatic N) is 1. The molecule has 0 atom stereocenters. The summed E-state index contributed by atoms with van der Waals surface area (Å²) in [4.78, 5) is 2.41. The Morgan fingerprint density at radius 2 is 2.00 bits per heavy atom. The fourth-order valence-electron chi connectivity index (χ4n) is 2.08. The number of hydrogen-bond donors (Lipinski definition) is 0. The minimum absolute atomic E-state index is 1.14. The van der Waals surface area contributed by atoms with Crippen LogP contribution in [0.2, 0.25) is 0 Å². The van der Waals surface area contributed by atoms with Crippen LogP contribution in [0.15, 0.2) is 47.7 Å². The van der Waals surface area contributed by atoms with E-state index < -0.39 is 0 Å². The molecule has 0 aromatic rings. The predicted molar refractivity (Wildman–Crippen MR) is 76.9 cm³/mol. The van der Waals surface area contributed by atoms with Crippen LogP contribution in [0.25, 0.3) is 0 Å². The summed E-state index contributed by atoms with van der Waals surface area (Å²) in [6.07, 6.45) is 12.4. The summed E-state index contributed by atoms with van der Waals surface area (Å²) in [7, 11) is 0. The zero-order valence-corrected chi connectivity index (χ0v) is 11.5. The van der Waals surface area contributed by atoms with Crippen LogP contribution in [0.4, 0.5) is 0 Å². The van der Waals surface area contributed by atoms with E-state index in [0.29, 0.717) is 0 Å². The zero-order valence-electron chi connectivity index (χ0n) is 11.5. The fourth-order valence-corrected chi connectivity index (χ4v) is 2.08. The molecule has 1 saturated heterocycles. The van der Waals surface area contributed by atoms with Gasteiger partial charge in [0, 0.05) is 13.1 Å². The molecule has 1 heteroatoms. The van der Waals surface area contributed by atoms with Crippen LogP contribution in [0.5, 0.6) is 0 Å². The Labute approximate surface area is 106 Å². The van der Waals surface area contributed by atoms with E-state index in [0.717, 1.165) is 6.54 Å². The molecule has 0 bridgehead atoms. The zero-order chi connectivity index (χ0) is 12.7. The summed E-state index contributed by atoms with van der Waals surface area (Å²) in [6, 6.07) is 0. The van der Waals surface area contributed by atoms with Crippen molar-refractivity contribution in [3.8, 4) is 0 Å². The Morgan fingerprint density at radius 1 is 1.24 bits per heavy atom. The van der Waals surface area contributed by atoms with Crippen molar-refractivity contribution in [1.82, 2.24) is 4.90 Å². The van der Waals surface area contributed by atoms with Gasteiger partial charge in [-0.3, -0.25) is 0 Å². The maximum Gasteiger partial charge on any atom is 0.0209 e. The molecule has 94 valence electrons. The van der Waals surface area contributed by atoms with E-state index in [1.165, 1.54) is 37.0 Å². The molecule has 0 saturated carbocycles. The van der Waals surface area contributed by atoms with E-state index in [4.69, 9.17) is 0 Å². The molecule has 0 amide bonds. The van der Waals surface area contributed by atoms with Crippen molar-refractivity contribution in [2.45, 2.75) is 40.0 Å². The number of hydrogen-bond acceptors (Lipinski definition) is 1. The molecule has 0 aromatic heterocycles. The lowest BCUT2D eigenvalue weighted by Gasteiger charge is -2.16. The predicted octanol–water partition coefficient (Wildman–Crippen LogP) is 4.45. The van der Waals surface area contributed by atoms with Crippen LogP contribution in [0, 0.1) is 0 Å². The van der Waals surface area contributed by atoms with Crippen LogP contribution in [-0.4, -0.2) is 18.0 Å². The Hall–Kier alpha value is -1.24. The lowest BCUT2D eigenvalue weighted by Crippen LogP contribution is -2.17. The van der Waals surface area contributed by atoms with Crippen molar-refractivity contribution >= 4 is 0 Å². The first kappa shape index (κ1) is 13.8. The van der Waals surface area contributed by atoms with Crippen molar-refractivity contribution in [3.05, 3.63) is 47.7 Å². The van der Waals surface area contributed by atoms with Crippen molar-refractivity contribution < 1.29 is 0 Å². The first-order valence-electron chi connectivity index (χ1n) is 6.56. The molecule has 0 unspecified atom stereocenters. The second-order valence-electron chi connectivity index (χ2n) is 4.67. The van der Waals surface area contributed by atoms with E-state index in [1.54, 1.807) is 5.57 Å². The van der Waals surface area contributed by atoms with Crippen LogP contribution in [0.1, 0.15) is 40.0 Å². The van der Waals surface area contributed by atoms with Crippen molar-refractivity contribution in [1.29, 1.82) is 0 Å². The van der Waals surface area contributed by atoms with Crippen LogP contribution in [0.3, 0.4) is 0 Å². The summed E-state index contributed by atoms with van der Waals surface area (Å²) < 4.78 is 0. The lowest BCUT2D eigenvalue weighted by molar-refractivity contribution is 0.393. The van der Waals surface area contributed by atoms with Gasteiger partial charge in [0.1, 0.15) is 0 Å². The third kappa shape index (κ3) is 4.64. The molecule has 1 nitrogen and oxygen atoms in total. The quantitative estimate of drug-likeness (QED) is 0.648. The SMILES string of the molecule is C=C(/C=C1/CCCN(/C=C/C)CC1)/C(C)=C\C. The summed E-state index contributed by atoms with van der Waals surface area (Å²) >= 11 is 0. The highest BCUT2D eigenvalue weighted by Crippen LogP contribution is 2.20.